The zero-order chi connectivity index (χ0) is 15.2. The molecule has 1 aromatic rings. The number of carbonyl (C=O) groups excluding carboxylic acids is 1. The van der Waals surface area contributed by atoms with Crippen molar-refractivity contribution in [2.24, 2.45) is 0 Å². The van der Waals surface area contributed by atoms with Crippen LogP contribution in [0.3, 0.4) is 0 Å². The van der Waals surface area contributed by atoms with E-state index in [0.717, 1.165) is 37.9 Å². The highest BCUT2D eigenvalue weighted by Crippen LogP contribution is 2.22. The largest absolute Gasteiger partial charge is 0.376 e. The minimum absolute atomic E-state index is 0.242. The first-order chi connectivity index (χ1) is 10.2. The Hall–Kier alpha value is -1.51. The summed E-state index contributed by atoms with van der Waals surface area (Å²) in [6.45, 7) is 7.77. The summed E-state index contributed by atoms with van der Waals surface area (Å²) in [5, 5.41) is 3.38. The van der Waals surface area contributed by atoms with Gasteiger partial charge in [-0.25, -0.2) is 0 Å². The molecular weight excluding hydrogens is 260 g/mol. The molecule has 2 rings (SSSR count). The minimum atomic E-state index is 0.242. The number of piperidine rings is 1. The Labute approximate surface area is 128 Å². The fraction of sp³-hybridized carbons (Fsp3) is 0.611. The summed E-state index contributed by atoms with van der Waals surface area (Å²) < 4.78 is 0. The van der Waals surface area contributed by atoms with Crippen molar-refractivity contribution < 1.29 is 4.79 Å². The van der Waals surface area contributed by atoms with Crippen LogP contribution in [0.5, 0.6) is 0 Å². The molecule has 0 saturated carbocycles. The third-order valence-corrected chi connectivity index (χ3v) is 4.58. The number of hydrogen-bond acceptors (Lipinski definition) is 2. The summed E-state index contributed by atoms with van der Waals surface area (Å²) in [5.74, 6) is 0.242. The van der Waals surface area contributed by atoms with E-state index in [1.54, 1.807) is 0 Å². The topological polar surface area (TPSA) is 32.3 Å². The van der Waals surface area contributed by atoms with E-state index in [4.69, 9.17) is 0 Å². The number of aryl methyl sites for hydroxylation is 2. The van der Waals surface area contributed by atoms with Gasteiger partial charge in [0.2, 0.25) is 5.91 Å². The Morgan fingerprint density at radius 2 is 2.14 bits per heavy atom. The first-order valence-electron chi connectivity index (χ1n) is 8.29. The molecule has 0 spiro atoms. The molecule has 1 unspecified atom stereocenters. The fourth-order valence-electron chi connectivity index (χ4n) is 3.30. The number of carbonyl (C=O) groups is 1. The van der Waals surface area contributed by atoms with Crippen LogP contribution in [-0.2, 0) is 11.2 Å². The van der Waals surface area contributed by atoms with Gasteiger partial charge in [-0.15, -0.1) is 0 Å². The van der Waals surface area contributed by atoms with Crippen molar-refractivity contribution in [3.63, 3.8) is 0 Å². The number of rotatable bonds is 5. The molecule has 3 nitrogen and oxygen atoms in total. The van der Waals surface area contributed by atoms with Crippen LogP contribution in [0.15, 0.2) is 18.2 Å². The lowest BCUT2D eigenvalue weighted by molar-refractivity contribution is -0.133. The lowest BCUT2D eigenvalue weighted by Gasteiger charge is -2.35. The van der Waals surface area contributed by atoms with E-state index >= 15 is 0 Å². The SMILES string of the molecule is CCc1cccc(C)c1NCC(=O)N1CCCCC1CC. The van der Waals surface area contributed by atoms with Crippen LogP contribution in [0.4, 0.5) is 5.69 Å². The van der Waals surface area contributed by atoms with Crippen LogP contribution in [0.2, 0.25) is 0 Å². The number of benzene rings is 1. The molecule has 21 heavy (non-hydrogen) atoms. The van der Waals surface area contributed by atoms with Gasteiger partial charge in [0, 0.05) is 18.3 Å². The predicted molar refractivity (Wildman–Crippen MR) is 88.7 cm³/mol. The van der Waals surface area contributed by atoms with Crippen molar-refractivity contribution in [3.8, 4) is 0 Å². The first-order valence-corrected chi connectivity index (χ1v) is 8.29. The van der Waals surface area contributed by atoms with E-state index in [9.17, 15) is 4.79 Å². The molecule has 1 aliphatic rings. The van der Waals surface area contributed by atoms with Crippen LogP contribution in [0, 0.1) is 6.92 Å². The molecule has 1 saturated heterocycles. The molecule has 1 aliphatic heterocycles. The molecule has 1 N–H and O–H groups in total. The predicted octanol–water partition coefficient (Wildman–Crippen LogP) is 3.76. The number of anilines is 1. The van der Waals surface area contributed by atoms with E-state index in [0.29, 0.717) is 12.6 Å². The van der Waals surface area contributed by atoms with Gasteiger partial charge in [0.05, 0.1) is 6.54 Å². The molecule has 1 atom stereocenters. The normalized spacial score (nSPS) is 18.6. The number of nitrogens with zero attached hydrogens (tertiary/aromatic N) is 1. The van der Waals surface area contributed by atoms with Gasteiger partial charge >= 0.3 is 0 Å². The highest BCUT2D eigenvalue weighted by Gasteiger charge is 2.24. The fourth-order valence-corrected chi connectivity index (χ4v) is 3.30. The van der Waals surface area contributed by atoms with Gasteiger partial charge in [0.25, 0.3) is 0 Å². The van der Waals surface area contributed by atoms with Gasteiger partial charge in [-0.05, 0) is 50.2 Å². The number of nitrogens with one attached hydrogen (secondary N) is 1. The van der Waals surface area contributed by atoms with Crippen molar-refractivity contribution in [3.05, 3.63) is 29.3 Å². The average Bonchev–Trinajstić information content (AvgIpc) is 2.53. The molecule has 116 valence electrons. The molecule has 0 aliphatic carbocycles. The van der Waals surface area contributed by atoms with Gasteiger partial charge in [-0.2, -0.15) is 0 Å². The van der Waals surface area contributed by atoms with Gasteiger partial charge in [-0.1, -0.05) is 32.0 Å². The van der Waals surface area contributed by atoms with Crippen molar-refractivity contribution in [1.29, 1.82) is 0 Å². The van der Waals surface area contributed by atoms with E-state index in [-0.39, 0.29) is 5.91 Å². The van der Waals surface area contributed by atoms with Crippen molar-refractivity contribution >= 4 is 11.6 Å². The Morgan fingerprint density at radius 3 is 2.86 bits per heavy atom. The van der Waals surface area contributed by atoms with Crippen molar-refractivity contribution in [2.45, 2.75) is 58.9 Å². The molecule has 0 aromatic heterocycles. The number of hydrogen-bond donors (Lipinski definition) is 1. The highest BCUT2D eigenvalue weighted by molar-refractivity contribution is 5.82. The third-order valence-electron chi connectivity index (χ3n) is 4.58. The van der Waals surface area contributed by atoms with Gasteiger partial charge in [0.15, 0.2) is 0 Å². The summed E-state index contributed by atoms with van der Waals surface area (Å²) in [6.07, 6.45) is 5.61. The van der Waals surface area contributed by atoms with Crippen LogP contribution in [-0.4, -0.2) is 29.9 Å². The molecule has 1 amide bonds. The van der Waals surface area contributed by atoms with E-state index in [1.807, 2.05) is 0 Å². The van der Waals surface area contributed by atoms with Crippen LogP contribution in [0.1, 0.15) is 50.7 Å². The number of para-hydroxylation sites is 1. The number of likely N-dealkylation sites (tertiary alicyclic amines) is 1. The molecule has 1 heterocycles. The van der Waals surface area contributed by atoms with Crippen LogP contribution < -0.4 is 5.32 Å². The average molecular weight is 288 g/mol. The zero-order valence-electron chi connectivity index (χ0n) is 13.6. The van der Waals surface area contributed by atoms with Gasteiger partial charge < -0.3 is 10.2 Å². The van der Waals surface area contributed by atoms with E-state index in [1.165, 1.54) is 17.5 Å². The second-order valence-electron chi connectivity index (χ2n) is 5.96. The quantitative estimate of drug-likeness (QED) is 0.894. The van der Waals surface area contributed by atoms with Gasteiger partial charge in [-0.3, -0.25) is 4.79 Å². The van der Waals surface area contributed by atoms with Crippen molar-refractivity contribution in [1.82, 2.24) is 4.90 Å². The summed E-state index contributed by atoms with van der Waals surface area (Å²) >= 11 is 0. The second-order valence-corrected chi connectivity index (χ2v) is 5.96. The number of amides is 1. The Bertz CT molecular complexity index is 484. The maximum atomic E-state index is 12.5. The molecule has 0 radical (unpaired) electrons. The van der Waals surface area contributed by atoms with Crippen molar-refractivity contribution in [2.75, 3.05) is 18.4 Å². The van der Waals surface area contributed by atoms with E-state index in [2.05, 4.69) is 49.2 Å². The smallest absolute Gasteiger partial charge is 0.242 e. The third kappa shape index (κ3) is 3.78. The Morgan fingerprint density at radius 1 is 1.33 bits per heavy atom. The molecule has 3 heteroatoms. The highest BCUT2D eigenvalue weighted by atomic mass is 16.2. The minimum Gasteiger partial charge on any atom is -0.376 e. The zero-order valence-corrected chi connectivity index (χ0v) is 13.6. The maximum absolute atomic E-state index is 12.5. The van der Waals surface area contributed by atoms with Gasteiger partial charge in [0.1, 0.15) is 0 Å². The Balaban J connectivity index is 2.01. The molecule has 1 fully saturated rings. The lowest BCUT2D eigenvalue weighted by Crippen LogP contribution is -2.45. The first kappa shape index (κ1) is 15.9. The van der Waals surface area contributed by atoms with Crippen LogP contribution >= 0.6 is 0 Å². The maximum Gasteiger partial charge on any atom is 0.242 e. The summed E-state index contributed by atoms with van der Waals surface area (Å²) in [6, 6.07) is 6.76. The molecule has 0 bridgehead atoms. The lowest BCUT2D eigenvalue weighted by atomic mass is 10.00. The summed E-state index contributed by atoms with van der Waals surface area (Å²) in [5.41, 5.74) is 3.64. The standard InChI is InChI=1S/C18H28N2O/c1-4-15-10-8-9-14(3)18(15)19-13-17(21)20-12-7-6-11-16(20)5-2/h8-10,16,19H,4-7,11-13H2,1-3H3. The Kier molecular flexibility index (Phi) is 5.66. The molecule has 1 aromatic carbocycles. The monoisotopic (exact) mass is 288 g/mol. The summed E-state index contributed by atoms with van der Waals surface area (Å²) in [4.78, 5) is 14.6. The van der Waals surface area contributed by atoms with Crippen LogP contribution in [0.25, 0.3) is 0 Å². The molecular formula is C18H28N2O. The van der Waals surface area contributed by atoms with E-state index < -0.39 is 0 Å². The second kappa shape index (κ2) is 7.48. The summed E-state index contributed by atoms with van der Waals surface area (Å²) in [7, 11) is 0.